The van der Waals surface area contributed by atoms with Crippen LogP contribution in [0.15, 0.2) is 70.8 Å². The number of halogens is 1. The number of nitrogens with one attached hydrogen (secondary N) is 1. The highest BCUT2D eigenvalue weighted by atomic mass is 35.5. The molecule has 0 spiro atoms. The SMILES string of the molecule is O=C(Cc1cccs1)Nn1c(-c2cccc(Cl)c2)nc2ccccc2c1=O. The molecule has 0 fully saturated rings. The lowest BCUT2D eigenvalue weighted by atomic mass is 10.2. The van der Waals surface area contributed by atoms with Gasteiger partial charge >= 0.3 is 0 Å². The number of carbonyl (C=O) groups is 1. The van der Waals surface area contributed by atoms with Crippen molar-refractivity contribution in [1.82, 2.24) is 9.66 Å². The number of aromatic nitrogens is 2. The van der Waals surface area contributed by atoms with Crippen LogP contribution in [-0.4, -0.2) is 15.6 Å². The molecule has 4 rings (SSSR count). The third kappa shape index (κ3) is 3.63. The van der Waals surface area contributed by atoms with Crippen LogP contribution in [0.1, 0.15) is 4.88 Å². The summed E-state index contributed by atoms with van der Waals surface area (Å²) in [6, 6.07) is 17.8. The number of fused-ring (bicyclic) bond motifs is 1. The van der Waals surface area contributed by atoms with E-state index in [1.54, 1.807) is 42.5 Å². The van der Waals surface area contributed by atoms with E-state index in [1.807, 2.05) is 23.6 Å². The monoisotopic (exact) mass is 395 g/mol. The van der Waals surface area contributed by atoms with Crippen molar-refractivity contribution in [3.63, 3.8) is 0 Å². The number of hydrogen-bond acceptors (Lipinski definition) is 4. The largest absolute Gasteiger partial charge is 0.280 e. The molecule has 0 aliphatic rings. The standard InChI is InChI=1S/C20H14ClN3O2S/c21-14-6-3-5-13(11-14)19-22-17-9-2-1-8-16(17)20(26)24(19)23-18(25)12-15-7-4-10-27-15/h1-11H,12H2,(H,23,25). The third-order valence-electron chi connectivity index (χ3n) is 4.01. The summed E-state index contributed by atoms with van der Waals surface area (Å²) >= 11 is 7.59. The summed E-state index contributed by atoms with van der Waals surface area (Å²) in [7, 11) is 0. The molecular weight excluding hydrogens is 382 g/mol. The molecule has 0 unspecified atom stereocenters. The Bertz CT molecular complexity index is 1190. The van der Waals surface area contributed by atoms with Gasteiger partial charge in [0.25, 0.3) is 5.56 Å². The highest BCUT2D eigenvalue weighted by Crippen LogP contribution is 2.21. The first-order valence-corrected chi connectivity index (χ1v) is 9.47. The summed E-state index contributed by atoms with van der Waals surface area (Å²) in [6.07, 6.45) is 0.186. The van der Waals surface area contributed by atoms with Gasteiger partial charge in [-0.1, -0.05) is 41.9 Å². The molecule has 7 heteroatoms. The summed E-state index contributed by atoms with van der Waals surface area (Å²) in [5, 5.41) is 2.86. The van der Waals surface area contributed by atoms with E-state index in [-0.39, 0.29) is 17.9 Å². The van der Waals surface area contributed by atoms with Crippen LogP contribution in [-0.2, 0) is 11.2 Å². The normalized spacial score (nSPS) is 10.9. The average Bonchev–Trinajstić information content (AvgIpc) is 3.17. The van der Waals surface area contributed by atoms with Gasteiger partial charge in [-0.05, 0) is 35.7 Å². The van der Waals surface area contributed by atoms with Crippen LogP contribution in [0.3, 0.4) is 0 Å². The van der Waals surface area contributed by atoms with Gasteiger partial charge in [-0.2, -0.15) is 4.68 Å². The zero-order valence-electron chi connectivity index (χ0n) is 14.1. The van der Waals surface area contributed by atoms with Gasteiger partial charge in [0.1, 0.15) is 0 Å². The fraction of sp³-hybridized carbons (Fsp3) is 0.0500. The number of carbonyl (C=O) groups excluding carboxylic acids is 1. The first kappa shape index (κ1) is 17.5. The lowest BCUT2D eigenvalue weighted by molar-refractivity contribution is -0.116. The fourth-order valence-corrected chi connectivity index (χ4v) is 3.69. The Morgan fingerprint density at radius 2 is 1.96 bits per heavy atom. The number of hydrogen-bond donors (Lipinski definition) is 1. The molecule has 0 saturated heterocycles. The minimum atomic E-state index is -0.338. The van der Waals surface area contributed by atoms with Gasteiger partial charge < -0.3 is 0 Å². The van der Waals surface area contributed by atoms with Crippen LogP contribution in [0.5, 0.6) is 0 Å². The molecule has 0 bridgehead atoms. The van der Waals surface area contributed by atoms with Gasteiger partial charge in [-0.3, -0.25) is 15.0 Å². The molecule has 0 aliphatic heterocycles. The summed E-state index contributed by atoms with van der Waals surface area (Å²) in [5.41, 5.74) is 3.55. The second-order valence-corrected chi connectivity index (χ2v) is 7.36. The predicted octanol–water partition coefficient (Wildman–Crippen LogP) is 4.09. The molecule has 0 radical (unpaired) electrons. The van der Waals surface area contributed by atoms with Gasteiger partial charge in [-0.15, -0.1) is 11.3 Å². The second-order valence-electron chi connectivity index (χ2n) is 5.89. The summed E-state index contributed by atoms with van der Waals surface area (Å²) in [4.78, 5) is 31.0. The molecule has 4 aromatic rings. The van der Waals surface area contributed by atoms with Crippen molar-refractivity contribution in [2.75, 3.05) is 5.43 Å². The number of rotatable bonds is 4. The van der Waals surface area contributed by atoms with E-state index in [0.29, 0.717) is 27.3 Å². The predicted molar refractivity (Wildman–Crippen MR) is 109 cm³/mol. The molecule has 27 heavy (non-hydrogen) atoms. The molecule has 134 valence electrons. The van der Waals surface area contributed by atoms with E-state index in [0.717, 1.165) is 4.88 Å². The summed E-state index contributed by atoms with van der Waals surface area (Å²) in [5.74, 6) is 0.0423. The average molecular weight is 396 g/mol. The van der Waals surface area contributed by atoms with E-state index in [9.17, 15) is 9.59 Å². The number of thiophene rings is 1. The Morgan fingerprint density at radius 1 is 1.11 bits per heavy atom. The maximum Gasteiger partial charge on any atom is 0.280 e. The highest BCUT2D eigenvalue weighted by molar-refractivity contribution is 7.10. The van der Waals surface area contributed by atoms with E-state index in [4.69, 9.17) is 11.6 Å². The van der Waals surface area contributed by atoms with Crippen molar-refractivity contribution >= 4 is 39.7 Å². The lowest BCUT2D eigenvalue weighted by Gasteiger charge is -2.14. The maximum atomic E-state index is 13.0. The zero-order chi connectivity index (χ0) is 18.8. The van der Waals surface area contributed by atoms with Crippen LogP contribution in [0, 0.1) is 0 Å². The Balaban J connectivity index is 1.83. The molecule has 2 aromatic heterocycles. The molecule has 1 N–H and O–H groups in total. The maximum absolute atomic E-state index is 13.0. The highest BCUT2D eigenvalue weighted by Gasteiger charge is 2.15. The minimum Gasteiger partial charge on any atom is -0.273 e. The molecule has 2 heterocycles. The number of amides is 1. The van der Waals surface area contributed by atoms with Gasteiger partial charge in [0.15, 0.2) is 5.82 Å². The van der Waals surface area contributed by atoms with Crippen LogP contribution in [0.2, 0.25) is 5.02 Å². The van der Waals surface area contributed by atoms with Crippen molar-refractivity contribution in [3.05, 3.63) is 86.3 Å². The van der Waals surface area contributed by atoms with E-state index in [1.165, 1.54) is 16.0 Å². The van der Waals surface area contributed by atoms with Crippen molar-refractivity contribution < 1.29 is 4.79 Å². The smallest absolute Gasteiger partial charge is 0.273 e. The Morgan fingerprint density at radius 3 is 2.74 bits per heavy atom. The van der Waals surface area contributed by atoms with Gasteiger partial charge in [0, 0.05) is 15.5 Å². The van der Waals surface area contributed by atoms with Crippen molar-refractivity contribution in [2.24, 2.45) is 0 Å². The Labute approximate surface area is 163 Å². The topological polar surface area (TPSA) is 64.0 Å². The quantitative estimate of drug-likeness (QED) is 0.566. The van der Waals surface area contributed by atoms with Crippen LogP contribution >= 0.6 is 22.9 Å². The van der Waals surface area contributed by atoms with Crippen molar-refractivity contribution in [1.29, 1.82) is 0 Å². The van der Waals surface area contributed by atoms with Gasteiger partial charge in [0.05, 0.1) is 17.3 Å². The van der Waals surface area contributed by atoms with Crippen molar-refractivity contribution in [3.8, 4) is 11.4 Å². The van der Waals surface area contributed by atoms with Crippen LogP contribution < -0.4 is 11.0 Å². The Hall–Kier alpha value is -2.96. The van der Waals surface area contributed by atoms with Gasteiger partial charge in [0.2, 0.25) is 5.91 Å². The number of nitrogens with zero attached hydrogens (tertiary/aromatic N) is 2. The minimum absolute atomic E-state index is 0.186. The van der Waals surface area contributed by atoms with E-state index < -0.39 is 0 Å². The third-order valence-corrected chi connectivity index (χ3v) is 5.12. The molecule has 0 aliphatic carbocycles. The molecule has 2 aromatic carbocycles. The van der Waals surface area contributed by atoms with Gasteiger partial charge in [-0.25, -0.2) is 4.98 Å². The lowest BCUT2D eigenvalue weighted by Crippen LogP contribution is -2.35. The zero-order valence-corrected chi connectivity index (χ0v) is 15.6. The molecule has 0 saturated carbocycles. The fourth-order valence-electron chi connectivity index (χ4n) is 2.79. The molecule has 0 atom stereocenters. The molecular formula is C20H14ClN3O2S. The van der Waals surface area contributed by atoms with Crippen LogP contribution in [0.25, 0.3) is 22.3 Å². The van der Waals surface area contributed by atoms with Crippen molar-refractivity contribution in [2.45, 2.75) is 6.42 Å². The second kappa shape index (κ2) is 7.34. The first-order chi connectivity index (χ1) is 13.1. The number of para-hydroxylation sites is 1. The first-order valence-electron chi connectivity index (χ1n) is 8.22. The van der Waals surface area contributed by atoms with E-state index >= 15 is 0 Å². The molecule has 1 amide bonds. The summed E-state index contributed by atoms with van der Waals surface area (Å²) < 4.78 is 1.20. The summed E-state index contributed by atoms with van der Waals surface area (Å²) in [6.45, 7) is 0. The molecule has 5 nitrogen and oxygen atoms in total. The van der Waals surface area contributed by atoms with Crippen LogP contribution in [0.4, 0.5) is 0 Å². The number of benzene rings is 2. The Kier molecular flexibility index (Phi) is 4.75. The van der Waals surface area contributed by atoms with E-state index in [2.05, 4.69) is 10.4 Å².